The van der Waals surface area contributed by atoms with E-state index < -0.39 is 6.36 Å². The highest BCUT2D eigenvalue weighted by atomic mass is 19.4. The van der Waals surface area contributed by atoms with Crippen molar-refractivity contribution in [1.29, 1.82) is 0 Å². The molecule has 2 fully saturated rings. The molecule has 23 heavy (non-hydrogen) atoms. The van der Waals surface area contributed by atoms with Crippen molar-refractivity contribution in [3.05, 3.63) is 24.3 Å². The Hall–Kier alpha value is -1.76. The second-order valence-electron chi connectivity index (χ2n) is 6.17. The summed E-state index contributed by atoms with van der Waals surface area (Å²) in [6.45, 7) is 0. The van der Waals surface area contributed by atoms with E-state index in [9.17, 15) is 18.0 Å². The number of hydrogen-bond donors (Lipinski definition) is 2. The molecule has 1 saturated carbocycles. The lowest BCUT2D eigenvalue weighted by molar-refractivity contribution is -0.274. The average Bonchev–Trinajstić information content (AvgIpc) is 2.92. The number of rotatable bonds is 3. The van der Waals surface area contributed by atoms with Gasteiger partial charge < -0.3 is 15.4 Å². The van der Waals surface area contributed by atoms with Gasteiger partial charge in [0, 0.05) is 11.7 Å². The van der Waals surface area contributed by atoms with Gasteiger partial charge in [0.05, 0.1) is 6.04 Å². The molecular formula is C16H19F3N2O2. The molecule has 1 heterocycles. The molecule has 3 unspecified atom stereocenters. The third kappa shape index (κ3) is 4.16. The molecule has 1 aliphatic carbocycles. The fourth-order valence-corrected chi connectivity index (χ4v) is 3.49. The van der Waals surface area contributed by atoms with Crippen LogP contribution in [0.5, 0.6) is 5.75 Å². The molecule has 1 amide bonds. The molecule has 1 aliphatic heterocycles. The topological polar surface area (TPSA) is 50.4 Å². The van der Waals surface area contributed by atoms with Crippen LogP contribution in [-0.2, 0) is 4.79 Å². The zero-order chi connectivity index (χ0) is 16.4. The van der Waals surface area contributed by atoms with Gasteiger partial charge in [0.15, 0.2) is 0 Å². The number of ether oxygens (including phenoxy) is 1. The molecule has 0 radical (unpaired) electrons. The van der Waals surface area contributed by atoms with E-state index in [1.54, 1.807) is 0 Å². The van der Waals surface area contributed by atoms with Gasteiger partial charge in [-0.15, -0.1) is 13.2 Å². The number of nitrogens with one attached hydrogen (secondary N) is 2. The largest absolute Gasteiger partial charge is 0.573 e. The number of anilines is 1. The number of fused-ring (bicyclic) bond motifs is 1. The van der Waals surface area contributed by atoms with Gasteiger partial charge in [-0.05, 0) is 49.4 Å². The number of carbonyl (C=O) groups is 1. The predicted octanol–water partition coefficient (Wildman–Crippen LogP) is 3.44. The molecule has 3 rings (SSSR count). The highest BCUT2D eigenvalue weighted by Crippen LogP contribution is 2.33. The van der Waals surface area contributed by atoms with Crippen LogP contribution in [0.15, 0.2) is 24.3 Å². The third-order valence-corrected chi connectivity index (χ3v) is 4.53. The molecule has 2 N–H and O–H groups in total. The average molecular weight is 328 g/mol. The van der Waals surface area contributed by atoms with Crippen molar-refractivity contribution < 1.29 is 22.7 Å². The van der Waals surface area contributed by atoms with Crippen molar-refractivity contribution in [1.82, 2.24) is 5.32 Å². The summed E-state index contributed by atoms with van der Waals surface area (Å²) in [5.74, 6) is 0.117. The fraction of sp³-hybridized carbons (Fsp3) is 0.562. The van der Waals surface area contributed by atoms with Gasteiger partial charge in [0.1, 0.15) is 5.75 Å². The van der Waals surface area contributed by atoms with Crippen LogP contribution >= 0.6 is 0 Å². The molecule has 126 valence electrons. The Morgan fingerprint density at radius 3 is 2.52 bits per heavy atom. The van der Waals surface area contributed by atoms with Gasteiger partial charge in [-0.2, -0.15) is 0 Å². The Morgan fingerprint density at radius 2 is 1.87 bits per heavy atom. The Labute approximate surface area is 132 Å². The monoisotopic (exact) mass is 328 g/mol. The van der Waals surface area contributed by atoms with Gasteiger partial charge >= 0.3 is 6.36 Å². The SMILES string of the molecule is O=C(Nc1ccc(OC(F)(F)F)cc1)C1CC2CCCCC2N1. The summed E-state index contributed by atoms with van der Waals surface area (Å²) < 4.78 is 40.1. The molecule has 4 nitrogen and oxygen atoms in total. The molecule has 7 heteroatoms. The Bertz CT molecular complexity index is 545. The number of alkyl halides is 3. The van der Waals surface area contributed by atoms with Crippen molar-refractivity contribution in [3.8, 4) is 5.75 Å². The molecule has 1 aromatic carbocycles. The summed E-state index contributed by atoms with van der Waals surface area (Å²) in [4.78, 5) is 12.3. The van der Waals surface area contributed by atoms with Crippen molar-refractivity contribution in [2.24, 2.45) is 5.92 Å². The number of hydrogen-bond acceptors (Lipinski definition) is 3. The Kier molecular flexibility index (Phi) is 4.48. The van der Waals surface area contributed by atoms with Gasteiger partial charge in [0.2, 0.25) is 5.91 Å². The first-order valence-corrected chi connectivity index (χ1v) is 7.83. The lowest BCUT2D eigenvalue weighted by Gasteiger charge is -2.24. The summed E-state index contributed by atoms with van der Waals surface area (Å²) in [5, 5.41) is 6.12. The van der Waals surface area contributed by atoms with E-state index >= 15 is 0 Å². The second kappa shape index (κ2) is 6.39. The maximum Gasteiger partial charge on any atom is 0.573 e. The molecule has 0 aromatic heterocycles. The van der Waals surface area contributed by atoms with Crippen LogP contribution in [0.4, 0.5) is 18.9 Å². The first kappa shape index (κ1) is 16.1. The summed E-state index contributed by atoms with van der Waals surface area (Å²) in [6.07, 6.45) is 0.796. The first-order valence-electron chi connectivity index (χ1n) is 7.83. The van der Waals surface area contributed by atoms with Gasteiger partial charge in [-0.3, -0.25) is 4.79 Å². The summed E-state index contributed by atoms with van der Waals surface area (Å²) in [7, 11) is 0. The van der Waals surface area contributed by atoms with Gasteiger partial charge in [0.25, 0.3) is 0 Å². The van der Waals surface area contributed by atoms with Crippen LogP contribution in [-0.4, -0.2) is 24.4 Å². The minimum Gasteiger partial charge on any atom is -0.406 e. The number of halogens is 3. The van der Waals surface area contributed by atoms with E-state index in [4.69, 9.17) is 0 Å². The van der Waals surface area contributed by atoms with Crippen LogP contribution in [0.3, 0.4) is 0 Å². The van der Waals surface area contributed by atoms with E-state index in [2.05, 4.69) is 15.4 Å². The zero-order valence-corrected chi connectivity index (χ0v) is 12.5. The van der Waals surface area contributed by atoms with Crippen LogP contribution in [0.2, 0.25) is 0 Å². The van der Waals surface area contributed by atoms with E-state index in [0.29, 0.717) is 17.6 Å². The zero-order valence-electron chi connectivity index (χ0n) is 12.5. The Morgan fingerprint density at radius 1 is 1.17 bits per heavy atom. The van der Waals surface area contributed by atoms with Crippen LogP contribution < -0.4 is 15.4 Å². The maximum atomic E-state index is 12.3. The molecule has 3 atom stereocenters. The first-order chi connectivity index (χ1) is 10.9. The minimum absolute atomic E-state index is 0.135. The second-order valence-corrected chi connectivity index (χ2v) is 6.17. The van der Waals surface area contributed by atoms with Crippen molar-refractivity contribution in [3.63, 3.8) is 0 Å². The van der Waals surface area contributed by atoms with Crippen molar-refractivity contribution in [2.75, 3.05) is 5.32 Å². The molecule has 1 saturated heterocycles. The van der Waals surface area contributed by atoms with Crippen LogP contribution in [0.1, 0.15) is 32.1 Å². The van der Waals surface area contributed by atoms with Crippen molar-refractivity contribution in [2.45, 2.75) is 50.6 Å². The quantitative estimate of drug-likeness (QED) is 0.893. The van der Waals surface area contributed by atoms with Crippen LogP contribution in [0.25, 0.3) is 0 Å². The predicted molar refractivity (Wildman–Crippen MR) is 79.0 cm³/mol. The standard InChI is InChI=1S/C16H19F3N2O2/c17-16(18,19)23-12-7-5-11(6-8-12)20-15(22)14-9-10-3-1-2-4-13(10)21-14/h5-8,10,13-14,21H,1-4,9H2,(H,20,22). The van der Waals surface area contributed by atoms with E-state index in [-0.39, 0.29) is 17.7 Å². The molecule has 2 aliphatic rings. The summed E-state index contributed by atoms with van der Waals surface area (Å²) in [5.41, 5.74) is 0.459. The summed E-state index contributed by atoms with van der Waals surface area (Å²) in [6, 6.07) is 5.37. The normalized spacial score (nSPS) is 27.3. The Balaban J connectivity index is 1.56. The molecule has 1 aromatic rings. The molecular weight excluding hydrogens is 309 g/mol. The summed E-state index contributed by atoms with van der Waals surface area (Å²) >= 11 is 0. The highest BCUT2D eigenvalue weighted by molar-refractivity contribution is 5.95. The van der Waals surface area contributed by atoms with Crippen molar-refractivity contribution >= 4 is 11.6 Å². The van der Waals surface area contributed by atoms with Gasteiger partial charge in [-0.25, -0.2) is 0 Å². The number of benzene rings is 1. The van der Waals surface area contributed by atoms with Crippen LogP contribution in [0, 0.1) is 5.92 Å². The number of carbonyl (C=O) groups excluding carboxylic acids is 1. The molecule has 0 bridgehead atoms. The van der Waals surface area contributed by atoms with E-state index in [0.717, 1.165) is 19.3 Å². The fourth-order valence-electron chi connectivity index (χ4n) is 3.49. The minimum atomic E-state index is -4.71. The van der Waals surface area contributed by atoms with Gasteiger partial charge in [-0.1, -0.05) is 12.8 Å². The number of amides is 1. The third-order valence-electron chi connectivity index (χ3n) is 4.53. The van der Waals surface area contributed by atoms with E-state index in [1.165, 1.54) is 37.1 Å². The lowest BCUT2D eigenvalue weighted by Crippen LogP contribution is -2.39. The van der Waals surface area contributed by atoms with E-state index in [1.807, 2.05) is 0 Å². The maximum absolute atomic E-state index is 12.3. The highest BCUT2D eigenvalue weighted by Gasteiger charge is 2.38. The lowest BCUT2D eigenvalue weighted by atomic mass is 9.85. The molecule has 0 spiro atoms. The smallest absolute Gasteiger partial charge is 0.406 e.